The van der Waals surface area contributed by atoms with Gasteiger partial charge in [-0.15, -0.1) is 0 Å². The van der Waals surface area contributed by atoms with Gasteiger partial charge in [0.1, 0.15) is 11.8 Å². The fourth-order valence-corrected chi connectivity index (χ4v) is 3.19. The van der Waals surface area contributed by atoms with Crippen molar-refractivity contribution in [2.24, 2.45) is 0 Å². The molecule has 0 saturated heterocycles. The first kappa shape index (κ1) is 21.3. The fourth-order valence-electron chi connectivity index (χ4n) is 3.02. The van der Waals surface area contributed by atoms with Gasteiger partial charge in [0.15, 0.2) is 0 Å². The maximum atomic E-state index is 13.5. The van der Waals surface area contributed by atoms with Crippen molar-refractivity contribution >= 4 is 23.2 Å². The van der Waals surface area contributed by atoms with E-state index in [0.717, 1.165) is 18.4 Å². The van der Waals surface area contributed by atoms with Crippen LogP contribution < -0.4 is 10.5 Å². The Bertz CT molecular complexity index is 1140. The van der Waals surface area contributed by atoms with Gasteiger partial charge in [-0.3, -0.25) is 9.59 Å². The van der Waals surface area contributed by atoms with Gasteiger partial charge in [0.05, 0.1) is 17.8 Å². The number of nitriles is 1. The van der Waals surface area contributed by atoms with Gasteiger partial charge in [-0.1, -0.05) is 55.3 Å². The van der Waals surface area contributed by atoms with Crippen LogP contribution in [0.3, 0.4) is 0 Å². The molecule has 152 valence electrons. The molecule has 3 rings (SSSR count). The fraction of sp³-hybridized carbons (Fsp3) is 0.217. The number of aryl methyl sites for hydroxylation is 1. The SMILES string of the molecule is CCCCn1nc(C(=O)N(Cc2ccccc2)c2cc(Cl)ccc2C#N)ccc1=O. The van der Waals surface area contributed by atoms with Crippen LogP contribution in [0.1, 0.15) is 41.4 Å². The van der Waals surface area contributed by atoms with Crippen molar-refractivity contribution in [2.45, 2.75) is 32.9 Å². The molecule has 0 fully saturated rings. The van der Waals surface area contributed by atoms with E-state index in [4.69, 9.17) is 11.6 Å². The molecule has 0 aliphatic heterocycles. The second-order valence-corrected chi connectivity index (χ2v) is 7.22. The molecule has 0 spiro atoms. The lowest BCUT2D eigenvalue weighted by Gasteiger charge is -2.24. The molecule has 0 N–H and O–H groups in total. The zero-order chi connectivity index (χ0) is 21.5. The predicted octanol–water partition coefficient (Wildman–Crippen LogP) is 4.42. The standard InChI is InChI=1S/C23H21ClN4O2/c1-2-3-13-28-22(29)12-11-20(26-28)23(30)27(16-17-7-5-4-6-8-17)21-14-19(24)10-9-18(21)15-25/h4-12,14H,2-3,13,16H2,1H3. The third-order valence-electron chi connectivity index (χ3n) is 4.61. The second kappa shape index (κ2) is 9.86. The molecule has 1 amide bonds. The molecule has 7 heteroatoms. The molecular formula is C23H21ClN4O2. The van der Waals surface area contributed by atoms with Gasteiger partial charge in [0.25, 0.3) is 11.5 Å². The van der Waals surface area contributed by atoms with E-state index in [-0.39, 0.29) is 17.8 Å². The van der Waals surface area contributed by atoms with Gasteiger partial charge in [-0.2, -0.15) is 10.4 Å². The van der Waals surface area contributed by atoms with Crippen molar-refractivity contribution in [1.29, 1.82) is 5.26 Å². The van der Waals surface area contributed by atoms with E-state index in [1.807, 2.05) is 37.3 Å². The molecular weight excluding hydrogens is 400 g/mol. The number of nitrogens with zero attached hydrogens (tertiary/aromatic N) is 4. The molecule has 0 unspecified atom stereocenters. The van der Waals surface area contributed by atoms with Crippen molar-refractivity contribution in [3.05, 3.63) is 92.9 Å². The van der Waals surface area contributed by atoms with E-state index >= 15 is 0 Å². The highest BCUT2D eigenvalue weighted by atomic mass is 35.5. The highest BCUT2D eigenvalue weighted by molar-refractivity contribution is 6.31. The van der Waals surface area contributed by atoms with Crippen molar-refractivity contribution in [1.82, 2.24) is 9.78 Å². The summed E-state index contributed by atoms with van der Waals surface area (Å²) in [6, 6.07) is 19.1. The first-order valence-electron chi connectivity index (χ1n) is 9.67. The zero-order valence-corrected chi connectivity index (χ0v) is 17.3. The summed E-state index contributed by atoms with van der Waals surface area (Å²) in [5.74, 6) is -0.414. The topological polar surface area (TPSA) is 79.0 Å². The van der Waals surface area contributed by atoms with E-state index in [0.29, 0.717) is 22.8 Å². The van der Waals surface area contributed by atoms with Gasteiger partial charge in [-0.25, -0.2) is 4.68 Å². The number of aromatic nitrogens is 2. The van der Waals surface area contributed by atoms with Crippen LogP contribution in [0.5, 0.6) is 0 Å². The van der Waals surface area contributed by atoms with Crippen LogP contribution >= 0.6 is 11.6 Å². The Hall–Kier alpha value is -3.43. The maximum absolute atomic E-state index is 13.5. The first-order valence-corrected chi connectivity index (χ1v) is 10.0. The summed E-state index contributed by atoms with van der Waals surface area (Å²) in [6.45, 7) is 2.68. The molecule has 0 saturated carbocycles. The summed E-state index contributed by atoms with van der Waals surface area (Å²) in [4.78, 5) is 27.0. The summed E-state index contributed by atoms with van der Waals surface area (Å²) in [7, 11) is 0. The number of amides is 1. The monoisotopic (exact) mass is 420 g/mol. The lowest BCUT2D eigenvalue weighted by molar-refractivity contribution is 0.0977. The Balaban J connectivity index is 2.07. The van der Waals surface area contributed by atoms with Crippen LogP contribution in [0.2, 0.25) is 5.02 Å². The summed E-state index contributed by atoms with van der Waals surface area (Å²) >= 11 is 6.17. The Morgan fingerprint density at radius 2 is 1.93 bits per heavy atom. The van der Waals surface area contributed by atoms with Gasteiger partial charge < -0.3 is 4.90 Å². The number of hydrogen-bond acceptors (Lipinski definition) is 4. The zero-order valence-electron chi connectivity index (χ0n) is 16.6. The molecule has 0 aliphatic rings. The van der Waals surface area contributed by atoms with Crippen LogP contribution in [0, 0.1) is 11.3 Å². The Kier molecular flexibility index (Phi) is 6.99. The van der Waals surface area contributed by atoms with Gasteiger partial charge in [0, 0.05) is 17.6 Å². The van der Waals surface area contributed by atoms with Crippen molar-refractivity contribution in [3.8, 4) is 6.07 Å². The van der Waals surface area contributed by atoms with Gasteiger partial charge >= 0.3 is 0 Å². The van der Waals surface area contributed by atoms with Gasteiger partial charge in [-0.05, 0) is 36.2 Å². The third-order valence-corrected chi connectivity index (χ3v) is 4.84. The lowest BCUT2D eigenvalue weighted by atomic mass is 10.1. The minimum atomic E-state index is -0.414. The van der Waals surface area contributed by atoms with E-state index in [9.17, 15) is 14.9 Å². The average Bonchev–Trinajstić information content (AvgIpc) is 2.77. The number of anilines is 1. The largest absolute Gasteiger partial charge is 0.301 e. The molecule has 2 aromatic carbocycles. The Morgan fingerprint density at radius 3 is 2.63 bits per heavy atom. The number of hydrogen-bond donors (Lipinski definition) is 0. The molecule has 0 atom stereocenters. The molecule has 30 heavy (non-hydrogen) atoms. The Morgan fingerprint density at radius 1 is 1.17 bits per heavy atom. The number of rotatable bonds is 7. The highest BCUT2D eigenvalue weighted by Gasteiger charge is 2.23. The van der Waals surface area contributed by atoms with E-state index in [1.54, 1.807) is 18.2 Å². The molecule has 3 aromatic rings. The summed E-state index contributed by atoms with van der Waals surface area (Å²) < 4.78 is 1.31. The number of unbranched alkanes of at least 4 members (excludes halogenated alkanes) is 1. The minimum Gasteiger partial charge on any atom is -0.301 e. The molecule has 0 aliphatic carbocycles. The van der Waals surface area contributed by atoms with Gasteiger partial charge in [0.2, 0.25) is 0 Å². The van der Waals surface area contributed by atoms with Crippen molar-refractivity contribution < 1.29 is 4.79 Å². The smallest absolute Gasteiger partial charge is 0.279 e. The van der Waals surface area contributed by atoms with Crippen LogP contribution in [0.15, 0.2) is 65.5 Å². The molecule has 0 bridgehead atoms. The van der Waals surface area contributed by atoms with Crippen molar-refractivity contribution in [3.63, 3.8) is 0 Å². The average molecular weight is 421 g/mol. The minimum absolute atomic E-state index is 0.130. The second-order valence-electron chi connectivity index (χ2n) is 6.78. The van der Waals surface area contributed by atoms with Crippen LogP contribution in [-0.4, -0.2) is 15.7 Å². The normalized spacial score (nSPS) is 10.4. The quantitative estimate of drug-likeness (QED) is 0.566. The predicted molar refractivity (Wildman–Crippen MR) is 117 cm³/mol. The lowest BCUT2D eigenvalue weighted by Crippen LogP contribution is -2.34. The number of benzene rings is 2. The number of halogens is 1. The van der Waals surface area contributed by atoms with E-state index in [1.165, 1.54) is 21.7 Å². The first-order chi connectivity index (χ1) is 14.5. The summed E-state index contributed by atoms with van der Waals surface area (Å²) in [5.41, 5.74) is 1.48. The Labute approximate surface area is 179 Å². The molecule has 1 heterocycles. The summed E-state index contributed by atoms with van der Waals surface area (Å²) in [6.07, 6.45) is 1.69. The van der Waals surface area contributed by atoms with Crippen LogP contribution in [0.4, 0.5) is 5.69 Å². The van der Waals surface area contributed by atoms with Crippen molar-refractivity contribution in [2.75, 3.05) is 4.90 Å². The van der Waals surface area contributed by atoms with E-state index in [2.05, 4.69) is 11.2 Å². The molecule has 6 nitrogen and oxygen atoms in total. The summed E-state index contributed by atoms with van der Waals surface area (Å²) in [5, 5.41) is 14.2. The van der Waals surface area contributed by atoms with Crippen LogP contribution in [-0.2, 0) is 13.1 Å². The third kappa shape index (κ3) is 4.94. The van der Waals surface area contributed by atoms with E-state index < -0.39 is 5.91 Å². The maximum Gasteiger partial charge on any atom is 0.279 e. The molecule has 1 aromatic heterocycles. The van der Waals surface area contributed by atoms with Crippen LogP contribution in [0.25, 0.3) is 0 Å². The highest BCUT2D eigenvalue weighted by Crippen LogP contribution is 2.27. The molecule has 0 radical (unpaired) electrons. The number of carbonyl (C=O) groups excluding carboxylic acids is 1. The number of carbonyl (C=O) groups is 1.